The quantitative estimate of drug-likeness (QED) is 0.674. The number of hydrogen-bond donors (Lipinski definition) is 1. The molecular formula is C10H13Cl2N3O2. The van der Waals surface area contributed by atoms with Gasteiger partial charge in [-0.15, -0.1) is 0 Å². The molecule has 0 radical (unpaired) electrons. The molecule has 1 aromatic heterocycles. The van der Waals surface area contributed by atoms with Crippen molar-refractivity contribution in [3.8, 4) is 5.75 Å². The largest absolute Gasteiger partial charge is 0.485 e. The number of aliphatic hydroxyl groups excluding tert-OH is 1. The third-order valence-corrected chi connectivity index (χ3v) is 3.13. The van der Waals surface area contributed by atoms with E-state index in [0.29, 0.717) is 31.1 Å². The number of fused-ring (bicyclic) bond motifs is 1. The number of rotatable bonds is 3. The normalized spacial score (nSPS) is 16.4. The van der Waals surface area contributed by atoms with Crippen molar-refractivity contribution in [2.45, 2.75) is 19.4 Å². The minimum atomic E-state index is 0.0976. The van der Waals surface area contributed by atoms with Gasteiger partial charge in [-0.05, 0) is 24.9 Å². The van der Waals surface area contributed by atoms with Gasteiger partial charge in [0.15, 0.2) is 16.7 Å². The molecule has 7 heteroatoms. The maximum Gasteiger partial charge on any atom is 0.226 e. The van der Waals surface area contributed by atoms with Crippen LogP contribution in [0.1, 0.15) is 13.3 Å². The summed E-state index contributed by atoms with van der Waals surface area (Å²) in [6.07, 6.45) is 0.651. The fourth-order valence-corrected chi connectivity index (χ4v) is 2.26. The number of hydrogen-bond acceptors (Lipinski definition) is 5. The van der Waals surface area contributed by atoms with Gasteiger partial charge in [-0.25, -0.2) is 4.98 Å². The van der Waals surface area contributed by atoms with Gasteiger partial charge in [-0.3, -0.25) is 0 Å². The highest BCUT2D eigenvalue weighted by atomic mass is 35.5. The average Bonchev–Trinajstić information content (AvgIpc) is 2.28. The predicted molar refractivity (Wildman–Crippen MR) is 66.1 cm³/mol. The summed E-state index contributed by atoms with van der Waals surface area (Å²) in [5.41, 5.74) is 0. The summed E-state index contributed by atoms with van der Waals surface area (Å²) in [4.78, 5) is 10.0. The van der Waals surface area contributed by atoms with E-state index in [9.17, 15) is 0 Å². The van der Waals surface area contributed by atoms with E-state index in [1.54, 1.807) is 0 Å². The summed E-state index contributed by atoms with van der Waals surface area (Å²) in [5, 5.41) is 9.30. The van der Waals surface area contributed by atoms with E-state index in [4.69, 9.17) is 33.0 Å². The Morgan fingerprint density at radius 1 is 1.47 bits per heavy atom. The first-order valence-corrected chi connectivity index (χ1v) is 6.12. The molecule has 1 N–H and O–H groups in total. The van der Waals surface area contributed by atoms with E-state index < -0.39 is 0 Å². The Bertz CT molecular complexity index is 417. The molecule has 0 unspecified atom stereocenters. The Balaban J connectivity index is 2.36. The smallest absolute Gasteiger partial charge is 0.226 e. The van der Waals surface area contributed by atoms with Gasteiger partial charge in [0.1, 0.15) is 6.61 Å². The molecule has 2 rings (SSSR count). The SMILES string of the molecule is C[C@@H](CCO)N1CCOc2c(Cl)nc(Cl)nc21. The fourth-order valence-electron chi connectivity index (χ4n) is 1.83. The lowest BCUT2D eigenvalue weighted by Gasteiger charge is -2.34. The summed E-state index contributed by atoms with van der Waals surface area (Å²) in [5.74, 6) is 1.06. The summed E-state index contributed by atoms with van der Waals surface area (Å²) < 4.78 is 5.45. The highest BCUT2D eigenvalue weighted by Gasteiger charge is 2.27. The van der Waals surface area contributed by atoms with Gasteiger partial charge in [0.05, 0.1) is 6.54 Å². The van der Waals surface area contributed by atoms with Crippen LogP contribution in [-0.4, -0.2) is 40.9 Å². The summed E-state index contributed by atoms with van der Waals surface area (Å²) >= 11 is 11.7. The van der Waals surface area contributed by atoms with Gasteiger partial charge in [-0.1, -0.05) is 11.6 Å². The molecule has 0 aliphatic carbocycles. The van der Waals surface area contributed by atoms with E-state index >= 15 is 0 Å². The van der Waals surface area contributed by atoms with Gasteiger partial charge < -0.3 is 14.7 Å². The minimum Gasteiger partial charge on any atom is -0.485 e. The van der Waals surface area contributed by atoms with Crippen LogP contribution in [0.2, 0.25) is 10.4 Å². The van der Waals surface area contributed by atoms with Crippen molar-refractivity contribution in [3.63, 3.8) is 0 Å². The minimum absolute atomic E-state index is 0.0976. The van der Waals surface area contributed by atoms with Crippen LogP contribution in [0.25, 0.3) is 0 Å². The molecule has 0 aromatic carbocycles. The number of anilines is 1. The van der Waals surface area contributed by atoms with Gasteiger partial charge in [0.25, 0.3) is 0 Å². The van der Waals surface area contributed by atoms with E-state index in [-0.39, 0.29) is 23.1 Å². The van der Waals surface area contributed by atoms with Crippen LogP contribution in [0.5, 0.6) is 5.75 Å². The van der Waals surface area contributed by atoms with Crippen LogP contribution < -0.4 is 9.64 Å². The van der Waals surface area contributed by atoms with Gasteiger partial charge >= 0.3 is 0 Å². The van der Waals surface area contributed by atoms with Crippen LogP contribution in [0.15, 0.2) is 0 Å². The van der Waals surface area contributed by atoms with Gasteiger partial charge in [0, 0.05) is 12.6 Å². The van der Waals surface area contributed by atoms with E-state index in [1.807, 2.05) is 11.8 Å². The number of halogens is 2. The van der Waals surface area contributed by atoms with E-state index in [2.05, 4.69) is 9.97 Å². The lowest BCUT2D eigenvalue weighted by molar-refractivity contribution is 0.261. The van der Waals surface area contributed by atoms with Crippen molar-refractivity contribution in [2.75, 3.05) is 24.7 Å². The summed E-state index contributed by atoms with van der Waals surface area (Å²) in [6, 6.07) is 0.143. The Labute approximate surface area is 109 Å². The molecule has 0 spiro atoms. The van der Waals surface area contributed by atoms with Crippen molar-refractivity contribution in [1.82, 2.24) is 9.97 Å². The molecule has 2 heterocycles. The van der Waals surface area contributed by atoms with Crippen LogP contribution >= 0.6 is 23.2 Å². The molecule has 0 amide bonds. The molecule has 1 aliphatic heterocycles. The number of aromatic nitrogens is 2. The highest BCUT2D eigenvalue weighted by molar-refractivity contribution is 6.33. The molecule has 1 aliphatic rings. The second kappa shape index (κ2) is 5.25. The van der Waals surface area contributed by atoms with E-state index in [0.717, 1.165) is 0 Å². The molecule has 0 fully saturated rings. The van der Waals surface area contributed by atoms with Crippen LogP contribution in [0, 0.1) is 0 Å². The van der Waals surface area contributed by atoms with Gasteiger partial charge in [0.2, 0.25) is 5.28 Å². The molecule has 0 bridgehead atoms. The Morgan fingerprint density at radius 2 is 2.24 bits per heavy atom. The fraction of sp³-hybridized carbons (Fsp3) is 0.600. The zero-order valence-corrected chi connectivity index (χ0v) is 10.9. The average molecular weight is 278 g/mol. The Morgan fingerprint density at radius 3 is 2.94 bits per heavy atom. The standard InChI is InChI=1S/C10H13Cl2N3O2/c1-6(2-4-16)15-3-5-17-7-8(11)13-10(12)14-9(7)15/h6,16H,2-5H2,1H3/t6-/m0/s1. The van der Waals surface area contributed by atoms with E-state index in [1.165, 1.54) is 0 Å². The first-order chi connectivity index (χ1) is 8.13. The topological polar surface area (TPSA) is 58.5 Å². The number of aliphatic hydroxyl groups is 1. The van der Waals surface area contributed by atoms with Crippen LogP contribution in [0.4, 0.5) is 5.82 Å². The van der Waals surface area contributed by atoms with Crippen molar-refractivity contribution in [2.24, 2.45) is 0 Å². The van der Waals surface area contributed by atoms with Crippen LogP contribution in [0.3, 0.4) is 0 Å². The molecule has 17 heavy (non-hydrogen) atoms. The third kappa shape index (κ3) is 2.56. The van der Waals surface area contributed by atoms with Crippen molar-refractivity contribution in [1.29, 1.82) is 0 Å². The number of nitrogens with zero attached hydrogens (tertiary/aromatic N) is 3. The van der Waals surface area contributed by atoms with Crippen molar-refractivity contribution < 1.29 is 9.84 Å². The number of ether oxygens (including phenoxy) is 1. The second-order valence-corrected chi connectivity index (χ2v) is 4.54. The molecule has 1 atom stereocenters. The summed E-state index contributed by atoms with van der Waals surface area (Å²) in [6.45, 7) is 3.35. The maximum absolute atomic E-state index is 8.98. The first kappa shape index (κ1) is 12.7. The third-order valence-electron chi connectivity index (χ3n) is 2.71. The molecule has 94 valence electrons. The zero-order chi connectivity index (χ0) is 12.4. The molecule has 5 nitrogen and oxygen atoms in total. The Kier molecular flexibility index (Phi) is 3.91. The molecule has 0 saturated heterocycles. The zero-order valence-electron chi connectivity index (χ0n) is 9.36. The second-order valence-electron chi connectivity index (χ2n) is 3.84. The molecule has 1 aromatic rings. The van der Waals surface area contributed by atoms with Gasteiger partial charge in [-0.2, -0.15) is 4.98 Å². The molecular weight excluding hydrogens is 265 g/mol. The lowest BCUT2D eigenvalue weighted by Crippen LogP contribution is -2.40. The maximum atomic E-state index is 8.98. The Hall–Kier alpha value is -0.780. The predicted octanol–water partition coefficient (Wildman–Crippen LogP) is 1.75. The van der Waals surface area contributed by atoms with Crippen molar-refractivity contribution in [3.05, 3.63) is 10.4 Å². The lowest BCUT2D eigenvalue weighted by atomic mass is 10.2. The van der Waals surface area contributed by atoms with Crippen molar-refractivity contribution >= 4 is 29.0 Å². The monoisotopic (exact) mass is 277 g/mol. The first-order valence-electron chi connectivity index (χ1n) is 5.37. The molecule has 0 saturated carbocycles. The highest BCUT2D eigenvalue weighted by Crippen LogP contribution is 2.37. The van der Waals surface area contributed by atoms with Crippen LogP contribution in [-0.2, 0) is 0 Å². The summed E-state index contributed by atoms with van der Waals surface area (Å²) in [7, 11) is 0.